The quantitative estimate of drug-likeness (QED) is 0.434. The van der Waals surface area contributed by atoms with Gasteiger partial charge >= 0.3 is 5.97 Å². The number of para-hydroxylation sites is 2. The highest BCUT2D eigenvalue weighted by Crippen LogP contribution is 2.28. The fourth-order valence-corrected chi connectivity index (χ4v) is 3.76. The standard InChI is InChI=1S/C22H22N2O4S/c1-15(22-23-17-9-5-7-11-19(17)29-22)24(2)20(25)14-28-21(26)13-12-16-8-4-6-10-18(16)27-3/h4-13,15H,14H2,1-3H3/b13-12+/t15-/m0/s1. The maximum absolute atomic E-state index is 12.4. The average molecular weight is 410 g/mol. The van der Waals surface area contributed by atoms with Crippen molar-refractivity contribution in [1.82, 2.24) is 9.88 Å². The molecule has 1 amide bonds. The molecule has 0 unspecified atom stereocenters. The molecule has 0 radical (unpaired) electrons. The first-order chi connectivity index (χ1) is 14.0. The topological polar surface area (TPSA) is 68.7 Å². The molecule has 3 aromatic rings. The van der Waals surface area contributed by atoms with Crippen molar-refractivity contribution in [3.63, 3.8) is 0 Å². The largest absolute Gasteiger partial charge is 0.496 e. The molecule has 1 aromatic heterocycles. The van der Waals surface area contributed by atoms with Gasteiger partial charge in [0.05, 0.1) is 23.4 Å². The molecule has 0 aliphatic heterocycles. The van der Waals surface area contributed by atoms with Crippen molar-refractivity contribution < 1.29 is 19.1 Å². The van der Waals surface area contributed by atoms with Gasteiger partial charge in [0.1, 0.15) is 10.8 Å². The van der Waals surface area contributed by atoms with Crippen LogP contribution in [0.4, 0.5) is 0 Å². The summed E-state index contributed by atoms with van der Waals surface area (Å²) in [7, 11) is 3.24. The summed E-state index contributed by atoms with van der Waals surface area (Å²) >= 11 is 1.55. The number of aromatic nitrogens is 1. The summed E-state index contributed by atoms with van der Waals surface area (Å²) in [6, 6.07) is 14.9. The zero-order chi connectivity index (χ0) is 20.8. The Balaban J connectivity index is 1.56. The van der Waals surface area contributed by atoms with E-state index in [2.05, 4.69) is 4.98 Å². The van der Waals surface area contributed by atoms with Gasteiger partial charge in [0.15, 0.2) is 6.61 Å². The smallest absolute Gasteiger partial charge is 0.331 e. The molecule has 0 saturated carbocycles. The van der Waals surface area contributed by atoms with E-state index in [0.717, 1.165) is 20.8 Å². The average Bonchev–Trinajstić information content (AvgIpc) is 3.19. The SMILES string of the molecule is COc1ccccc1/C=C/C(=O)OCC(=O)N(C)[C@@H](C)c1nc2ccccc2s1. The molecule has 3 rings (SSSR count). The zero-order valence-electron chi connectivity index (χ0n) is 16.5. The van der Waals surface area contributed by atoms with Crippen LogP contribution in [0, 0.1) is 0 Å². The number of ether oxygens (including phenoxy) is 2. The molecule has 1 heterocycles. The molecule has 0 spiro atoms. The molecular weight excluding hydrogens is 388 g/mol. The van der Waals surface area contributed by atoms with Crippen LogP contribution in [0.25, 0.3) is 16.3 Å². The normalized spacial score (nSPS) is 12.1. The number of nitrogens with zero attached hydrogens (tertiary/aromatic N) is 2. The maximum Gasteiger partial charge on any atom is 0.331 e. The van der Waals surface area contributed by atoms with Crippen molar-refractivity contribution in [2.75, 3.05) is 20.8 Å². The summed E-state index contributed by atoms with van der Waals surface area (Å²) in [6.45, 7) is 1.57. The minimum absolute atomic E-state index is 0.220. The van der Waals surface area contributed by atoms with Crippen LogP contribution in [-0.2, 0) is 14.3 Å². The molecule has 29 heavy (non-hydrogen) atoms. The van der Waals surface area contributed by atoms with Crippen LogP contribution in [0.1, 0.15) is 23.5 Å². The van der Waals surface area contributed by atoms with Crippen LogP contribution in [0.3, 0.4) is 0 Å². The number of rotatable bonds is 7. The number of hydrogen-bond donors (Lipinski definition) is 0. The summed E-state index contributed by atoms with van der Waals surface area (Å²) in [5, 5.41) is 0.837. The highest BCUT2D eigenvalue weighted by Gasteiger charge is 2.21. The molecule has 6 nitrogen and oxygen atoms in total. The van der Waals surface area contributed by atoms with Crippen LogP contribution < -0.4 is 4.74 Å². The van der Waals surface area contributed by atoms with Gasteiger partial charge in [-0.1, -0.05) is 30.3 Å². The lowest BCUT2D eigenvalue weighted by Gasteiger charge is -2.22. The van der Waals surface area contributed by atoms with E-state index in [-0.39, 0.29) is 18.6 Å². The summed E-state index contributed by atoms with van der Waals surface area (Å²) in [4.78, 5) is 30.5. The van der Waals surface area contributed by atoms with E-state index < -0.39 is 5.97 Å². The van der Waals surface area contributed by atoms with Crippen LogP contribution in [-0.4, -0.2) is 42.5 Å². The number of amides is 1. The lowest BCUT2D eigenvalue weighted by atomic mass is 10.2. The number of likely N-dealkylation sites (N-methyl/N-ethyl adjacent to an activating group) is 1. The monoisotopic (exact) mass is 410 g/mol. The number of methoxy groups -OCH3 is 1. The van der Waals surface area contributed by atoms with Gasteiger partial charge < -0.3 is 14.4 Å². The Bertz CT molecular complexity index is 1010. The molecular formula is C22H22N2O4S. The molecule has 150 valence electrons. The predicted octanol–water partition coefficient (Wildman–Crippen LogP) is 4.08. The number of thiazole rings is 1. The van der Waals surface area contributed by atoms with Gasteiger partial charge in [-0.15, -0.1) is 11.3 Å². The minimum atomic E-state index is -0.592. The van der Waals surface area contributed by atoms with E-state index in [1.54, 1.807) is 37.6 Å². The molecule has 0 aliphatic rings. The number of fused-ring (bicyclic) bond motifs is 1. The van der Waals surface area contributed by atoms with Crippen LogP contribution in [0.15, 0.2) is 54.6 Å². The van der Waals surface area contributed by atoms with E-state index in [0.29, 0.717) is 5.75 Å². The summed E-state index contributed by atoms with van der Waals surface area (Å²) in [5.74, 6) is -0.238. The number of carbonyl (C=O) groups is 2. The zero-order valence-corrected chi connectivity index (χ0v) is 17.3. The molecule has 7 heteroatoms. The molecule has 0 bridgehead atoms. The van der Waals surface area contributed by atoms with Gasteiger partial charge in [0.25, 0.3) is 5.91 Å². The second-order valence-corrected chi connectivity index (χ2v) is 7.45. The van der Waals surface area contributed by atoms with Gasteiger partial charge in [-0.25, -0.2) is 9.78 Å². The third-order valence-electron chi connectivity index (χ3n) is 4.52. The van der Waals surface area contributed by atoms with Crippen molar-refractivity contribution in [2.24, 2.45) is 0 Å². The van der Waals surface area contributed by atoms with Crippen LogP contribution in [0.2, 0.25) is 0 Å². The molecule has 0 saturated heterocycles. The first kappa shape index (κ1) is 20.5. The van der Waals surface area contributed by atoms with Crippen molar-refractivity contribution in [3.8, 4) is 5.75 Å². The fourth-order valence-electron chi connectivity index (χ4n) is 2.70. The Morgan fingerprint density at radius 1 is 1.17 bits per heavy atom. The van der Waals surface area contributed by atoms with Gasteiger partial charge in [0.2, 0.25) is 0 Å². The van der Waals surface area contributed by atoms with Gasteiger partial charge in [-0.05, 0) is 31.2 Å². The Labute approximate surface area is 173 Å². The second-order valence-electron chi connectivity index (χ2n) is 6.38. The minimum Gasteiger partial charge on any atom is -0.496 e. The number of carbonyl (C=O) groups excluding carboxylic acids is 2. The first-order valence-electron chi connectivity index (χ1n) is 9.08. The predicted molar refractivity (Wildman–Crippen MR) is 114 cm³/mol. The van der Waals surface area contributed by atoms with Crippen LogP contribution >= 0.6 is 11.3 Å². The van der Waals surface area contributed by atoms with E-state index in [1.807, 2.05) is 49.4 Å². The van der Waals surface area contributed by atoms with Crippen molar-refractivity contribution in [2.45, 2.75) is 13.0 Å². The Hall–Kier alpha value is -3.19. The van der Waals surface area contributed by atoms with Crippen molar-refractivity contribution >= 4 is 39.5 Å². The lowest BCUT2D eigenvalue weighted by molar-refractivity contribution is -0.148. The molecule has 1 atom stereocenters. The summed E-state index contributed by atoms with van der Waals surface area (Å²) in [5.41, 5.74) is 1.66. The van der Waals surface area contributed by atoms with Gasteiger partial charge in [-0.2, -0.15) is 0 Å². The van der Waals surface area contributed by atoms with E-state index in [9.17, 15) is 9.59 Å². The summed E-state index contributed by atoms with van der Waals surface area (Å²) in [6.07, 6.45) is 2.88. The summed E-state index contributed by atoms with van der Waals surface area (Å²) < 4.78 is 11.4. The number of esters is 1. The first-order valence-corrected chi connectivity index (χ1v) is 9.90. The van der Waals surface area contributed by atoms with E-state index in [1.165, 1.54) is 11.0 Å². The molecule has 2 aromatic carbocycles. The van der Waals surface area contributed by atoms with Crippen LogP contribution in [0.5, 0.6) is 5.75 Å². The van der Waals surface area contributed by atoms with Gasteiger partial charge in [0, 0.05) is 18.7 Å². The third kappa shape index (κ3) is 5.00. The van der Waals surface area contributed by atoms with Crippen molar-refractivity contribution in [3.05, 3.63) is 65.2 Å². The highest BCUT2D eigenvalue weighted by atomic mass is 32.1. The lowest BCUT2D eigenvalue weighted by Crippen LogP contribution is -2.33. The van der Waals surface area contributed by atoms with E-state index in [4.69, 9.17) is 9.47 Å². The van der Waals surface area contributed by atoms with Crippen molar-refractivity contribution in [1.29, 1.82) is 0 Å². The fraction of sp³-hybridized carbons (Fsp3) is 0.227. The van der Waals surface area contributed by atoms with E-state index >= 15 is 0 Å². The number of hydrogen-bond acceptors (Lipinski definition) is 6. The maximum atomic E-state index is 12.4. The highest BCUT2D eigenvalue weighted by molar-refractivity contribution is 7.18. The Morgan fingerprint density at radius 3 is 2.66 bits per heavy atom. The molecule has 0 fully saturated rings. The molecule has 0 N–H and O–H groups in total. The Morgan fingerprint density at radius 2 is 1.90 bits per heavy atom. The van der Waals surface area contributed by atoms with Gasteiger partial charge in [-0.3, -0.25) is 4.79 Å². The second kappa shape index (κ2) is 9.34. The third-order valence-corrected chi connectivity index (χ3v) is 5.72. The Kier molecular flexibility index (Phi) is 6.61. The number of benzene rings is 2. The molecule has 0 aliphatic carbocycles.